The van der Waals surface area contributed by atoms with Crippen molar-refractivity contribution < 1.29 is 22.5 Å². The van der Waals surface area contributed by atoms with Crippen LogP contribution in [0.2, 0.25) is 0 Å². The summed E-state index contributed by atoms with van der Waals surface area (Å²) in [5, 5.41) is 8.69. The van der Waals surface area contributed by atoms with Crippen LogP contribution in [0.4, 0.5) is 0 Å². The molecule has 0 fully saturated rings. The van der Waals surface area contributed by atoms with E-state index in [1.807, 2.05) is 0 Å². The van der Waals surface area contributed by atoms with Crippen LogP contribution in [0, 0.1) is 17.8 Å². The molecule has 0 saturated heterocycles. The van der Waals surface area contributed by atoms with Gasteiger partial charge in [-0.15, -0.1) is 5.92 Å². The molecule has 0 radical (unpaired) electrons. The number of rotatable bonds is 4. The van der Waals surface area contributed by atoms with E-state index in [0.717, 1.165) is 6.26 Å². The molecule has 0 amide bonds. The molecule has 14 heavy (non-hydrogen) atoms. The highest BCUT2D eigenvalue weighted by molar-refractivity contribution is 7.86. The molecule has 0 spiro atoms. The van der Waals surface area contributed by atoms with E-state index in [1.165, 1.54) is 13.8 Å². The summed E-state index contributed by atoms with van der Waals surface area (Å²) in [6, 6.07) is 0. The fourth-order valence-corrected chi connectivity index (χ4v) is 1.53. The first-order valence-electron chi connectivity index (χ1n) is 3.81. The summed E-state index contributed by atoms with van der Waals surface area (Å²) < 4.78 is 25.9. The van der Waals surface area contributed by atoms with Crippen molar-refractivity contribution in [3.05, 3.63) is 0 Å². The third-order valence-corrected chi connectivity index (χ3v) is 2.02. The largest absolute Gasteiger partial charge is 0.480 e. The molecule has 0 aliphatic heterocycles. The standard InChI is InChI=1S/C8H12O5S/c1-4-5-7(8(9)10)6(2)13-14(3,11)12/h6-7H,1-3H3,(H,9,10). The van der Waals surface area contributed by atoms with Crippen LogP contribution >= 0.6 is 0 Å². The molecule has 0 aromatic heterocycles. The lowest BCUT2D eigenvalue weighted by Gasteiger charge is -2.13. The van der Waals surface area contributed by atoms with Crippen LogP contribution in [0.15, 0.2) is 0 Å². The van der Waals surface area contributed by atoms with E-state index in [4.69, 9.17) is 5.11 Å². The number of carboxylic acids is 1. The monoisotopic (exact) mass is 220 g/mol. The third kappa shape index (κ3) is 4.84. The first-order valence-corrected chi connectivity index (χ1v) is 5.63. The van der Waals surface area contributed by atoms with E-state index in [-0.39, 0.29) is 0 Å². The summed E-state index contributed by atoms with van der Waals surface area (Å²) in [5.41, 5.74) is 0. The molecule has 0 aliphatic carbocycles. The minimum Gasteiger partial charge on any atom is -0.480 e. The summed E-state index contributed by atoms with van der Waals surface area (Å²) in [6.07, 6.45) is -0.128. The number of aliphatic carboxylic acids is 1. The molecule has 1 N–H and O–H groups in total. The molecule has 0 aromatic rings. The zero-order chi connectivity index (χ0) is 11.4. The summed E-state index contributed by atoms with van der Waals surface area (Å²) in [5.74, 6) is 2.45. The van der Waals surface area contributed by atoms with Crippen molar-refractivity contribution in [3.8, 4) is 11.8 Å². The van der Waals surface area contributed by atoms with Crippen molar-refractivity contribution in [2.75, 3.05) is 6.26 Å². The highest BCUT2D eigenvalue weighted by Gasteiger charge is 2.26. The number of carboxylic acid groups (broad SMARTS) is 1. The van der Waals surface area contributed by atoms with Gasteiger partial charge in [-0.1, -0.05) is 5.92 Å². The van der Waals surface area contributed by atoms with Crippen LogP contribution in [0.25, 0.3) is 0 Å². The molecule has 5 nitrogen and oxygen atoms in total. The van der Waals surface area contributed by atoms with Crippen molar-refractivity contribution in [2.45, 2.75) is 20.0 Å². The Kier molecular flexibility index (Phi) is 4.60. The van der Waals surface area contributed by atoms with Gasteiger partial charge in [0.25, 0.3) is 10.1 Å². The quantitative estimate of drug-likeness (QED) is 0.536. The maximum Gasteiger partial charge on any atom is 0.321 e. The normalized spacial score (nSPS) is 15.1. The lowest BCUT2D eigenvalue weighted by Crippen LogP contribution is -2.28. The van der Waals surface area contributed by atoms with Crippen molar-refractivity contribution in [2.24, 2.45) is 5.92 Å². The zero-order valence-corrected chi connectivity index (χ0v) is 8.96. The molecule has 0 aliphatic rings. The zero-order valence-electron chi connectivity index (χ0n) is 8.14. The van der Waals surface area contributed by atoms with Gasteiger partial charge in [0.15, 0.2) is 0 Å². The first kappa shape index (κ1) is 12.9. The summed E-state index contributed by atoms with van der Waals surface area (Å²) >= 11 is 0. The van der Waals surface area contributed by atoms with Crippen LogP contribution < -0.4 is 0 Å². The average molecular weight is 220 g/mol. The minimum absolute atomic E-state index is 0.863. The van der Waals surface area contributed by atoms with E-state index in [9.17, 15) is 13.2 Å². The van der Waals surface area contributed by atoms with E-state index in [0.29, 0.717) is 0 Å². The van der Waals surface area contributed by atoms with Gasteiger partial charge in [-0.3, -0.25) is 8.98 Å². The maximum atomic E-state index is 10.7. The Morgan fingerprint density at radius 2 is 2.00 bits per heavy atom. The van der Waals surface area contributed by atoms with Gasteiger partial charge < -0.3 is 5.11 Å². The van der Waals surface area contributed by atoms with Crippen LogP contribution in [0.1, 0.15) is 13.8 Å². The second-order valence-electron chi connectivity index (χ2n) is 2.72. The number of carbonyl (C=O) groups is 1. The van der Waals surface area contributed by atoms with Gasteiger partial charge in [0, 0.05) is 0 Å². The number of hydrogen-bond donors (Lipinski definition) is 1. The summed E-state index contributed by atoms with van der Waals surface area (Å²) in [7, 11) is -3.65. The van der Waals surface area contributed by atoms with E-state index < -0.39 is 28.1 Å². The highest BCUT2D eigenvalue weighted by Crippen LogP contribution is 2.09. The van der Waals surface area contributed by atoms with Crippen LogP contribution in [0.5, 0.6) is 0 Å². The molecular weight excluding hydrogens is 208 g/mol. The fourth-order valence-electron chi connectivity index (χ4n) is 0.867. The minimum atomic E-state index is -3.65. The molecule has 0 rings (SSSR count). The van der Waals surface area contributed by atoms with Crippen LogP contribution in [0.3, 0.4) is 0 Å². The SMILES string of the molecule is CC#CC(C(=O)O)C(C)OS(C)(=O)=O. The van der Waals surface area contributed by atoms with Crippen molar-refractivity contribution in [3.63, 3.8) is 0 Å². The van der Waals surface area contributed by atoms with Crippen LogP contribution in [-0.4, -0.2) is 31.9 Å². The van der Waals surface area contributed by atoms with Crippen molar-refractivity contribution in [1.82, 2.24) is 0 Å². The summed E-state index contributed by atoms with van der Waals surface area (Å²) in [4.78, 5) is 10.6. The molecule has 0 aromatic carbocycles. The van der Waals surface area contributed by atoms with Gasteiger partial charge in [0.2, 0.25) is 0 Å². The van der Waals surface area contributed by atoms with Gasteiger partial charge >= 0.3 is 5.97 Å². The second kappa shape index (κ2) is 4.98. The first-order chi connectivity index (χ1) is 6.28. The summed E-state index contributed by atoms with van der Waals surface area (Å²) in [6.45, 7) is 2.83. The predicted molar refractivity (Wildman–Crippen MR) is 50.0 cm³/mol. The van der Waals surface area contributed by atoms with Gasteiger partial charge in [-0.2, -0.15) is 8.42 Å². The molecule has 0 saturated carbocycles. The number of hydrogen-bond acceptors (Lipinski definition) is 4. The Morgan fingerprint density at radius 1 is 1.50 bits per heavy atom. The molecule has 80 valence electrons. The smallest absolute Gasteiger partial charge is 0.321 e. The Morgan fingerprint density at radius 3 is 2.29 bits per heavy atom. The lowest BCUT2D eigenvalue weighted by atomic mass is 10.1. The Balaban J connectivity index is 4.67. The van der Waals surface area contributed by atoms with Gasteiger partial charge in [0.1, 0.15) is 5.92 Å². The van der Waals surface area contributed by atoms with Gasteiger partial charge in [0.05, 0.1) is 12.4 Å². The maximum absolute atomic E-state index is 10.7. The molecule has 6 heteroatoms. The Labute approximate surface area is 83.2 Å². The lowest BCUT2D eigenvalue weighted by molar-refractivity contribution is -0.141. The van der Waals surface area contributed by atoms with E-state index in [1.54, 1.807) is 0 Å². The molecule has 0 heterocycles. The second-order valence-corrected chi connectivity index (χ2v) is 4.32. The Bertz CT molecular complexity index is 359. The molecular formula is C8H12O5S. The molecule has 2 unspecified atom stereocenters. The predicted octanol–water partition coefficient (Wildman–Crippen LogP) is 0.0752. The fraction of sp³-hybridized carbons (Fsp3) is 0.625. The molecule has 0 bridgehead atoms. The highest BCUT2D eigenvalue weighted by atomic mass is 32.2. The third-order valence-electron chi connectivity index (χ3n) is 1.36. The van der Waals surface area contributed by atoms with Crippen molar-refractivity contribution in [1.29, 1.82) is 0 Å². The average Bonchev–Trinajstić information content (AvgIpc) is 1.95. The van der Waals surface area contributed by atoms with Crippen molar-refractivity contribution >= 4 is 16.1 Å². The van der Waals surface area contributed by atoms with E-state index >= 15 is 0 Å². The van der Waals surface area contributed by atoms with E-state index in [2.05, 4.69) is 16.0 Å². The van der Waals surface area contributed by atoms with Gasteiger partial charge in [-0.05, 0) is 13.8 Å². The molecule has 2 atom stereocenters. The topological polar surface area (TPSA) is 80.7 Å². The van der Waals surface area contributed by atoms with Gasteiger partial charge in [-0.25, -0.2) is 0 Å². The van der Waals surface area contributed by atoms with Crippen LogP contribution in [-0.2, 0) is 19.1 Å². The Hall–Kier alpha value is -1.06.